The number of ether oxygens (including phenoxy) is 1. The first kappa shape index (κ1) is 13.4. The minimum Gasteiger partial charge on any atom is -0.496 e. The number of rotatable bonds is 4. The summed E-state index contributed by atoms with van der Waals surface area (Å²) in [6.07, 6.45) is 4.67. The molecule has 3 N–H and O–H groups in total. The Labute approximate surface area is 104 Å². The Morgan fingerprint density at radius 3 is 2.78 bits per heavy atom. The zero-order valence-electron chi connectivity index (χ0n) is 9.79. The van der Waals surface area contributed by atoms with Gasteiger partial charge in [-0.1, -0.05) is 18.2 Å². The molecule has 0 radical (unpaired) electrons. The molecule has 0 aromatic heterocycles. The van der Waals surface area contributed by atoms with E-state index in [0.29, 0.717) is 0 Å². The van der Waals surface area contributed by atoms with E-state index in [4.69, 9.17) is 10.5 Å². The van der Waals surface area contributed by atoms with Gasteiger partial charge in [0, 0.05) is 11.8 Å². The predicted octanol–water partition coefficient (Wildman–Crippen LogP) is 0.296. The molecule has 94 valence electrons. The number of carbonyl (C=O) groups excluding carboxylic acids is 2. The molecule has 0 aliphatic carbocycles. The molecule has 0 atom stereocenters. The van der Waals surface area contributed by atoms with E-state index in [1.165, 1.54) is 6.21 Å². The van der Waals surface area contributed by atoms with E-state index in [-0.39, 0.29) is 0 Å². The number of amides is 2. The van der Waals surface area contributed by atoms with Crippen LogP contribution in [0.15, 0.2) is 35.4 Å². The van der Waals surface area contributed by atoms with Gasteiger partial charge in [-0.15, -0.1) is 0 Å². The van der Waals surface area contributed by atoms with Crippen molar-refractivity contribution in [2.24, 2.45) is 10.8 Å². The fourth-order valence-corrected chi connectivity index (χ4v) is 1.14. The maximum absolute atomic E-state index is 10.7. The van der Waals surface area contributed by atoms with E-state index in [9.17, 15) is 9.59 Å². The molecule has 0 bridgehead atoms. The molecule has 0 heterocycles. The largest absolute Gasteiger partial charge is 0.496 e. The monoisotopic (exact) mass is 247 g/mol. The minimum absolute atomic E-state index is 0.725. The van der Waals surface area contributed by atoms with Crippen molar-refractivity contribution in [2.75, 3.05) is 7.11 Å². The van der Waals surface area contributed by atoms with Gasteiger partial charge in [0.1, 0.15) is 5.75 Å². The lowest BCUT2D eigenvalue weighted by Gasteiger charge is -2.02. The Kier molecular flexibility index (Phi) is 5.11. The highest BCUT2D eigenvalue weighted by Crippen LogP contribution is 2.18. The Morgan fingerprint density at radius 2 is 2.11 bits per heavy atom. The lowest BCUT2D eigenvalue weighted by Crippen LogP contribution is -2.32. The average Bonchev–Trinajstić information content (AvgIpc) is 2.38. The molecule has 0 fully saturated rings. The van der Waals surface area contributed by atoms with Crippen molar-refractivity contribution in [2.45, 2.75) is 0 Å². The number of benzene rings is 1. The SMILES string of the molecule is COc1ccccc1/C=C/C=N/NC(=O)C(N)=O. The van der Waals surface area contributed by atoms with Gasteiger partial charge >= 0.3 is 11.8 Å². The highest BCUT2D eigenvalue weighted by molar-refractivity contribution is 6.34. The van der Waals surface area contributed by atoms with Crippen molar-refractivity contribution in [3.63, 3.8) is 0 Å². The van der Waals surface area contributed by atoms with Crippen LogP contribution in [-0.2, 0) is 9.59 Å². The van der Waals surface area contributed by atoms with Crippen molar-refractivity contribution in [1.29, 1.82) is 0 Å². The molecule has 0 spiro atoms. The molecule has 0 aliphatic heterocycles. The summed E-state index contributed by atoms with van der Waals surface area (Å²) in [6.45, 7) is 0. The van der Waals surface area contributed by atoms with Gasteiger partial charge in [-0.2, -0.15) is 5.10 Å². The van der Waals surface area contributed by atoms with Gasteiger partial charge in [0.25, 0.3) is 0 Å². The Balaban J connectivity index is 2.57. The lowest BCUT2D eigenvalue weighted by molar-refractivity contribution is -0.137. The summed E-state index contributed by atoms with van der Waals surface area (Å²) in [5.74, 6) is -1.32. The van der Waals surface area contributed by atoms with E-state index in [1.54, 1.807) is 19.3 Å². The summed E-state index contributed by atoms with van der Waals surface area (Å²) in [5, 5.41) is 3.51. The third kappa shape index (κ3) is 4.09. The standard InChI is InChI=1S/C12H13N3O3/c1-18-10-7-3-2-5-9(10)6-4-8-14-15-12(17)11(13)16/h2-8H,1H3,(H2,13,16)(H,15,17)/b6-4+,14-8+. The van der Waals surface area contributed by atoms with Crippen LogP contribution in [0, 0.1) is 0 Å². The maximum atomic E-state index is 10.7. The number of nitrogens with two attached hydrogens (primary N) is 1. The highest BCUT2D eigenvalue weighted by atomic mass is 16.5. The number of hydrogen-bond acceptors (Lipinski definition) is 4. The molecule has 18 heavy (non-hydrogen) atoms. The van der Waals surface area contributed by atoms with Crippen LogP contribution in [0.3, 0.4) is 0 Å². The summed E-state index contributed by atoms with van der Waals surface area (Å²) < 4.78 is 5.15. The van der Waals surface area contributed by atoms with Gasteiger partial charge in [-0.3, -0.25) is 9.59 Å². The lowest BCUT2D eigenvalue weighted by atomic mass is 10.2. The van der Waals surface area contributed by atoms with Crippen molar-refractivity contribution in [1.82, 2.24) is 5.43 Å². The van der Waals surface area contributed by atoms with Gasteiger partial charge in [0.05, 0.1) is 7.11 Å². The Hall–Kier alpha value is -2.63. The molecule has 1 rings (SSSR count). The summed E-state index contributed by atoms with van der Waals surface area (Å²) in [6, 6.07) is 7.42. The van der Waals surface area contributed by atoms with E-state index in [2.05, 4.69) is 5.10 Å². The number of primary amides is 1. The van der Waals surface area contributed by atoms with Crippen LogP contribution in [0.25, 0.3) is 6.08 Å². The number of allylic oxidation sites excluding steroid dienone is 1. The summed E-state index contributed by atoms with van der Waals surface area (Å²) in [4.78, 5) is 21.1. The van der Waals surface area contributed by atoms with E-state index >= 15 is 0 Å². The zero-order valence-corrected chi connectivity index (χ0v) is 9.79. The van der Waals surface area contributed by atoms with Crippen LogP contribution in [0.2, 0.25) is 0 Å². The second-order valence-corrected chi connectivity index (χ2v) is 3.18. The molecule has 6 nitrogen and oxygen atoms in total. The van der Waals surface area contributed by atoms with Gasteiger partial charge in [-0.05, 0) is 18.2 Å². The van der Waals surface area contributed by atoms with Crippen molar-refractivity contribution >= 4 is 24.1 Å². The van der Waals surface area contributed by atoms with Crippen molar-refractivity contribution < 1.29 is 14.3 Å². The second-order valence-electron chi connectivity index (χ2n) is 3.18. The number of carbonyl (C=O) groups is 2. The van der Waals surface area contributed by atoms with Crippen molar-refractivity contribution in [3.8, 4) is 5.75 Å². The molecule has 0 aliphatic rings. The summed E-state index contributed by atoms with van der Waals surface area (Å²) in [5.41, 5.74) is 7.56. The maximum Gasteiger partial charge on any atom is 0.329 e. The quantitative estimate of drug-likeness (QED) is 0.455. The summed E-state index contributed by atoms with van der Waals surface area (Å²) >= 11 is 0. The first-order chi connectivity index (χ1) is 8.65. The third-order valence-electron chi connectivity index (χ3n) is 1.97. The highest BCUT2D eigenvalue weighted by Gasteiger charge is 2.04. The number of methoxy groups -OCH3 is 1. The number of hydrogen-bond donors (Lipinski definition) is 2. The van der Waals surface area contributed by atoms with E-state index < -0.39 is 11.8 Å². The van der Waals surface area contributed by atoms with Crippen LogP contribution in [0.1, 0.15) is 5.56 Å². The van der Waals surface area contributed by atoms with E-state index in [0.717, 1.165) is 11.3 Å². The van der Waals surface area contributed by atoms with Crippen LogP contribution < -0.4 is 15.9 Å². The van der Waals surface area contributed by atoms with Gasteiger partial charge in [0.15, 0.2) is 0 Å². The topological polar surface area (TPSA) is 93.8 Å². The smallest absolute Gasteiger partial charge is 0.329 e. The van der Waals surface area contributed by atoms with Crippen LogP contribution in [-0.4, -0.2) is 25.1 Å². The van der Waals surface area contributed by atoms with E-state index in [1.807, 2.05) is 29.7 Å². The molecule has 1 aromatic rings. The number of nitrogens with zero attached hydrogens (tertiary/aromatic N) is 1. The number of para-hydroxylation sites is 1. The average molecular weight is 247 g/mol. The van der Waals surface area contributed by atoms with Crippen LogP contribution in [0.5, 0.6) is 5.75 Å². The molecule has 0 saturated carbocycles. The van der Waals surface area contributed by atoms with Crippen LogP contribution >= 0.6 is 0 Å². The molecule has 0 saturated heterocycles. The molecular formula is C12H13N3O3. The third-order valence-corrected chi connectivity index (χ3v) is 1.97. The van der Waals surface area contributed by atoms with Crippen LogP contribution in [0.4, 0.5) is 0 Å². The second kappa shape index (κ2) is 6.85. The first-order valence-electron chi connectivity index (χ1n) is 5.07. The first-order valence-corrected chi connectivity index (χ1v) is 5.07. The number of nitrogens with one attached hydrogen (secondary N) is 1. The minimum atomic E-state index is -1.08. The molecule has 2 amide bonds. The zero-order chi connectivity index (χ0) is 13.4. The Bertz CT molecular complexity index is 495. The fourth-order valence-electron chi connectivity index (χ4n) is 1.14. The Morgan fingerprint density at radius 1 is 1.39 bits per heavy atom. The van der Waals surface area contributed by atoms with Gasteiger partial charge in [0.2, 0.25) is 0 Å². The fraction of sp³-hybridized carbons (Fsp3) is 0.0833. The van der Waals surface area contributed by atoms with Gasteiger partial charge < -0.3 is 10.5 Å². The van der Waals surface area contributed by atoms with Crippen molar-refractivity contribution in [3.05, 3.63) is 35.9 Å². The molecule has 6 heteroatoms. The normalized spacial score (nSPS) is 10.7. The molecular weight excluding hydrogens is 234 g/mol. The molecule has 1 aromatic carbocycles. The molecule has 0 unspecified atom stereocenters. The predicted molar refractivity (Wildman–Crippen MR) is 67.9 cm³/mol. The summed E-state index contributed by atoms with van der Waals surface area (Å²) in [7, 11) is 1.58. The number of hydrazone groups is 1. The van der Waals surface area contributed by atoms with Gasteiger partial charge in [-0.25, -0.2) is 5.43 Å².